The second-order valence-corrected chi connectivity index (χ2v) is 0.307. The van der Waals surface area contributed by atoms with Gasteiger partial charge in [0.1, 0.15) is 0 Å². The van der Waals surface area contributed by atoms with Crippen LogP contribution in [0.4, 0.5) is 0 Å². The van der Waals surface area contributed by atoms with Gasteiger partial charge in [0.2, 0.25) is 0 Å². The molecule has 0 aliphatic heterocycles. The SMILES string of the molecule is [Ba+2].[O-]B([O-])O. The van der Waals surface area contributed by atoms with Crippen molar-refractivity contribution in [2.45, 2.75) is 0 Å². The van der Waals surface area contributed by atoms with E-state index in [2.05, 4.69) is 0 Å². The van der Waals surface area contributed by atoms with Crippen LogP contribution >= 0.6 is 0 Å². The maximum Gasteiger partial charge on any atom is 2.00 e. The summed E-state index contributed by atoms with van der Waals surface area (Å²) in [5, 5.41) is 24.0. The Morgan fingerprint density at radius 1 is 1.40 bits per heavy atom. The zero-order valence-corrected chi connectivity index (χ0v) is 6.99. The third kappa shape index (κ3) is 29.7. The first-order valence-electron chi connectivity index (χ1n) is 0.730. The van der Waals surface area contributed by atoms with Crippen LogP contribution in [0.1, 0.15) is 0 Å². The summed E-state index contributed by atoms with van der Waals surface area (Å²) in [4.78, 5) is 0. The molecule has 24 valence electrons. The minimum absolute atomic E-state index is 0. The summed E-state index contributed by atoms with van der Waals surface area (Å²) < 4.78 is 0. The second kappa shape index (κ2) is 5.52. The van der Waals surface area contributed by atoms with E-state index in [1.807, 2.05) is 0 Å². The van der Waals surface area contributed by atoms with Gasteiger partial charge in [0.05, 0.1) is 7.32 Å². The minimum atomic E-state index is -2.67. The van der Waals surface area contributed by atoms with Crippen LogP contribution in [0, 0.1) is 0 Å². The summed E-state index contributed by atoms with van der Waals surface area (Å²) in [5.74, 6) is 0. The van der Waals surface area contributed by atoms with E-state index in [0.717, 1.165) is 0 Å². The summed E-state index contributed by atoms with van der Waals surface area (Å²) in [6.45, 7) is 0. The van der Waals surface area contributed by atoms with Gasteiger partial charge in [-0.25, -0.2) is 0 Å². The van der Waals surface area contributed by atoms with Crippen LogP contribution in [0.15, 0.2) is 0 Å². The first-order chi connectivity index (χ1) is 1.73. The third-order valence-corrected chi connectivity index (χ3v) is 0. The second-order valence-electron chi connectivity index (χ2n) is 0.307. The molecule has 0 saturated carbocycles. The molecular weight excluding hydrogens is 196 g/mol. The number of hydrogen-bond donors (Lipinski definition) is 1. The van der Waals surface area contributed by atoms with Crippen molar-refractivity contribution >= 4 is 56.2 Å². The van der Waals surface area contributed by atoms with Gasteiger partial charge < -0.3 is 15.1 Å². The van der Waals surface area contributed by atoms with E-state index in [1.165, 1.54) is 0 Å². The topological polar surface area (TPSA) is 66.3 Å². The van der Waals surface area contributed by atoms with E-state index in [9.17, 15) is 0 Å². The normalized spacial score (nSPS) is 5.40. The van der Waals surface area contributed by atoms with Crippen molar-refractivity contribution in [3.63, 3.8) is 0 Å². The van der Waals surface area contributed by atoms with Crippen LogP contribution < -0.4 is 10.0 Å². The Bertz CT molecular complexity index is 11.6. The first kappa shape index (κ1) is 9.72. The number of rotatable bonds is 0. The molecule has 0 aromatic rings. The number of hydrogen-bond acceptors (Lipinski definition) is 3. The molecule has 0 aliphatic rings. The predicted molar refractivity (Wildman–Crippen MR) is 13.7 cm³/mol. The van der Waals surface area contributed by atoms with E-state index in [0.29, 0.717) is 0 Å². The van der Waals surface area contributed by atoms with Gasteiger partial charge >= 0.3 is 48.9 Å². The van der Waals surface area contributed by atoms with Gasteiger partial charge in [0.25, 0.3) is 0 Å². The molecule has 0 aromatic carbocycles. The molecule has 0 rings (SSSR count). The summed E-state index contributed by atoms with van der Waals surface area (Å²) in [7, 11) is -2.67. The fourth-order valence-corrected chi connectivity index (χ4v) is 0. The van der Waals surface area contributed by atoms with Crippen molar-refractivity contribution in [3.05, 3.63) is 0 Å². The van der Waals surface area contributed by atoms with Gasteiger partial charge in [-0.15, -0.1) is 0 Å². The summed E-state index contributed by atoms with van der Waals surface area (Å²) in [6.07, 6.45) is 0. The smallest absolute Gasteiger partial charge is 0.871 e. The third-order valence-electron chi connectivity index (χ3n) is 0. The van der Waals surface area contributed by atoms with E-state index in [-0.39, 0.29) is 48.9 Å². The molecule has 0 spiro atoms. The first-order valence-corrected chi connectivity index (χ1v) is 0.730. The fourth-order valence-electron chi connectivity index (χ4n) is 0. The quantitative estimate of drug-likeness (QED) is 0.406. The molecule has 0 aromatic heterocycles. The van der Waals surface area contributed by atoms with E-state index in [4.69, 9.17) is 15.1 Å². The Balaban J connectivity index is 0. The van der Waals surface area contributed by atoms with Crippen molar-refractivity contribution in [3.8, 4) is 0 Å². The van der Waals surface area contributed by atoms with Crippen molar-refractivity contribution in [2.24, 2.45) is 0 Å². The van der Waals surface area contributed by atoms with E-state index in [1.54, 1.807) is 0 Å². The summed E-state index contributed by atoms with van der Waals surface area (Å²) >= 11 is 0. The van der Waals surface area contributed by atoms with Crippen molar-refractivity contribution in [1.82, 2.24) is 0 Å². The Labute approximate surface area is 70.3 Å². The monoisotopic (exact) mass is 198 g/mol. The molecule has 0 radical (unpaired) electrons. The molecule has 0 unspecified atom stereocenters. The molecule has 0 saturated heterocycles. The van der Waals surface area contributed by atoms with Crippen LogP contribution in [0.5, 0.6) is 0 Å². The molecule has 0 bridgehead atoms. The standard InChI is InChI=1S/BHO3.Ba/c2-1(3)4;/h2H;/q-2;+2. The Morgan fingerprint density at radius 2 is 1.40 bits per heavy atom. The molecule has 1 N–H and O–H groups in total. The van der Waals surface area contributed by atoms with Crippen LogP contribution in [0.25, 0.3) is 0 Å². The largest absolute Gasteiger partial charge is 2.00 e. The van der Waals surface area contributed by atoms with Crippen LogP contribution in [-0.4, -0.2) is 61.2 Å². The molecule has 0 aliphatic carbocycles. The van der Waals surface area contributed by atoms with Crippen molar-refractivity contribution < 1.29 is 15.1 Å². The van der Waals surface area contributed by atoms with E-state index < -0.39 is 7.32 Å². The van der Waals surface area contributed by atoms with Crippen molar-refractivity contribution in [1.29, 1.82) is 0 Å². The average molecular weight is 197 g/mol. The fraction of sp³-hybridized carbons (Fsp3) is 0. The molecule has 5 heteroatoms. The van der Waals surface area contributed by atoms with E-state index >= 15 is 0 Å². The van der Waals surface area contributed by atoms with Crippen LogP contribution in [0.3, 0.4) is 0 Å². The minimum Gasteiger partial charge on any atom is -0.871 e. The maximum absolute atomic E-state index is 8.53. The van der Waals surface area contributed by atoms with Gasteiger partial charge in [0.15, 0.2) is 0 Å². The van der Waals surface area contributed by atoms with Gasteiger partial charge in [-0.1, -0.05) is 0 Å². The van der Waals surface area contributed by atoms with Gasteiger partial charge in [-0.2, -0.15) is 0 Å². The summed E-state index contributed by atoms with van der Waals surface area (Å²) in [6, 6.07) is 0. The summed E-state index contributed by atoms with van der Waals surface area (Å²) in [5.41, 5.74) is 0. The average Bonchev–Trinajstić information content (AvgIpc) is 0.811. The zero-order valence-electron chi connectivity index (χ0n) is 2.55. The van der Waals surface area contributed by atoms with Crippen LogP contribution in [-0.2, 0) is 0 Å². The maximum atomic E-state index is 8.53. The Kier molecular flexibility index (Phi) is 10.7. The van der Waals surface area contributed by atoms with Crippen LogP contribution in [0.2, 0.25) is 0 Å². The molecule has 0 amide bonds. The molecule has 0 atom stereocenters. The van der Waals surface area contributed by atoms with Gasteiger partial charge in [0, 0.05) is 0 Å². The molecular formula is HBBaO3. The molecule has 5 heavy (non-hydrogen) atoms. The van der Waals surface area contributed by atoms with Gasteiger partial charge in [-0.05, 0) is 0 Å². The molecule has 0 heterocycles. The van der Waals surface area contributed by atoms with Crippen molar-refractivity contribution in [2.75, 3.05) is 0 Å². The predicted octanol–water partition coefficient (Wildman–Crippen LogP) is -3.70. The molecule has 3 nitrogen and oxygen atoms in total. The Morgan fingerprint density at radius 3 is 1.40 bits per heavy atom. The Hall–Kier alpha value is 1.52. The van der Waals surface area contributed by atoms with Gasteiger partial charge in [-0.3, -0.25) is 0 Å². The zero-order chi connectivity index (χ0) is 3.58. The molecule has 0 fully saturated rings.